The van der Waals surface area contributed by atoms with Gasteiger partial charge in [0, 0.05) is 9.29 Å². The Morgan fingerprint density at radius 1 is 1.45 bits per heavy atom. The van der Waals surface area contributed by atoms with Gasteiger partial charge in [-0.1, -0.05) is 24.8 Å². The average molecular weight is 294 g/mol. The van der Waals surface area contributed by atoms with Crippen LogP contribution >= 0.6 is 11.8 Å². The Hall–Kier alpha value is -1.89. The summed E-state index contributed by atoms with van der Waals surface area (Å²) in [6.45, 7) is 1.19. The number of hydrogen-bond donors (Lipinski definition) is 0. The standard InChI is InChI=1S/C13H13FN4OS/c1-3-7-17-11(19)8-5-4-6-9(14)10(8)18-12(17)15-16-13(18)20-2/h4-6H,3,7H2,1-2H3/i3D2. The summed E-state index contributed by atoms with van der Waals surface area (Å²) in [6.07, 6.45) is 0.161. The summed E-state index contributed by atoms with van der Waals surface area (Å²) in [7, 11) is 0. The lowest BCUT2D eigenvalue weighted by atomic mass is 10.2. The zero-order valence-corrected chi connectivity index (χ0v) is 11.7. The lowest BCUT2D eigenvalue weighted by Gasteiger charge is -2.10. The van der Waals surface area contributed by atoms with Gasteiger partial charge in [-0.25, -0.2) is 4.39 Å². The molecule has 0 spiro atoms. The summed E-state index contributed by atoms with van der Waals surface area (Å²) in [5, 5.41) is 8.52. The maximum Gasteiger partial charge on any atom is 0.262 e. The first kappa shape index (κ1) is 10.8. The number of halogens is 1. The van der Waals surface area contributed by atoms with E-state index in [4.69, 9.17) is 2.74 Å². The fraction of sp³-hybridized carbons (Fsp3) is 0.308. The molecule has 0 aliphatic heterocycles. The van der Waals surface area contributed by atoms with Gasteiger partial charge in [-0.15, -0.1) is 10.2 Å². The van der Waals surface area contributed by atoms with E-state index in [0.717, 1.165) is 0 Å². The second-order valence-corrected chi connectivity index (χ2v) is 4.98. The SMILES string of the molecule is [2H]C([2H])(C)Cn1c(=O)c2cccc(F)c2n2c(SC)nnc12. The minimum absolute atomic E-state index is 0.116. The minimum Gasteiger partial charge on any atom is -0.276 e. The Labute approximate surface area is 121 Å². The highest BCUT2D eigenvalue weighted by Gasteiger charge is 2.17. The molecule has 0 aliphatic rings. The maximum atomic E-state index is 14.3. The smallest absolute Gasteiger partial charge is 0.262 e. The summed E-state index contributed by atoms with van der Waals surface area (Å²) in [4.78, 5) is 12.6. The van der Waals surface area contributed by atoms with Crippen molar-refractivity contribution in [3.8, 4) is 0 Å². The molecule has 0 aliphatic carbocycles. The third-order valence-electron chi connectivity index (χ3n) is 3.04. The number of thioether (sulfide) groups is 1. The largest absolute Gasteiger partial charge is 0.276 e. The number of hydrogen-bond acceptors (Lipinski definition) is 4. The van der Waals surface area contributed by atoms with Crippen molar-refractivity contribution in [1.29, 1.82) is 0 Å². The summed E-state index contributed by atoms with van der Waals surface area (Å²) < 4.78 is 32.3. The third-order valence-corrected chi connectivity index (χ3v) is 3.67. The van der Waals surface area contributed by atoms with Gasteiger partial charge in [0.1, 0.15) is 5.82 Å². The topological polar surface area (TPSA) is 52.2 Å². The van der Waals surface area contributed by atoms with Crippen molar-refractivity contribution in [2.75, 3.05) is 6.26 Å². The van der Waals surface area contributed by atoms with Crippen LogP contribution in [0.2, 0.25) is 0 Å². The lowest BCUT2D eigenvalue weighted by Crippen LogP contribution is -2.23. The number of aromatic nitrogens is 4. The zero-order chi connectivity index (χ0) is 16.1. The van der Waals surface area contributed by atoms with Crippen LogP contribution in [-0.4, -0.2) is 25.4 Å². The fourth-order valence-corrected chi connectivity index (χ4v) is 2.69. The van der Waals surface area contributed by atoms with E-state index in [9.17, 15) is 9.18 Å². The van der Waals surface area contributed by atoms with E-state index < -0.39 is 17.7 Å². The van der Waals surface area contributed by atoms with Crippen molar-refractivity contribution < 1.29 is 7.13 Å². The second-order valence-electron chi connectivity index (χ2n) is 4.20. The first-order valence-electron chi connectivity index (χ1n) is 6.93. The second kappa shape index (κ2) is 4.90. The molecule has 0 radical (unpaired) electrons. The van der Waals surface area contributed by atoms with Crippen molar-refractivity contribution in [2.45, 2.75) is 25.0 Å². The van der Waals surface area contributed by atoms with E-state index in [2.05, 4.69) is 10.2 Å². The first-order chi connectivity index (χ1) is 10.3. The van der Waals surface area contributed by atoms with Gasteiger partial charge in [0.25, 0.3) is 5.56 Å². The highest BCUT2D eigenvalue weighted by atomic mass is 32.2. The Bertz CT molecular complexity index is 932. The highest BCUT2D eigenvalue weighted by Crippen LogP contribution is 2.21. The van der Waals surface area contributed by atoms with Gasteiger partial charge >= 0.3 is 0 Å². The van der Waals surface area contributed by atoms with Gasteiger partial charge in [-0.2, -0.15) is 0 Å². The molecule has 0 bridgehead atoms. The molecular weight excluding hydrogens is 279 g/mol. The Morgan fingerprint density at radius 2 is 2.25 bits per heavy atom. The summed E-state index contributed by atoms with van der Waals surface area (Å²) in [6, 6.07) is 4.25. The molecule has 104 valence electrons. The Balaban J connectivity index is 2.53. The first-order valence-corrected chi connectivity index (χ1v) is 7.16. The molecule has 0 N–H and O–H groups in total. The number of aryl methyl sites for hydroxylation is 1. The van der Waals surface area contributed by atoms with Crippen LogP contribution in [0.5, 0.6) is 0 Å². The third kappa shape index (κ3) is 1.73. The van der Waals surface area contributed by atoms with Crippen LogP contribution in [0, 0.1) is 5.82 Å². The fourth-order valence-electron chi connectivity index (χ4n) is 2.22. The number of para-hydroxylation sites is 1. The van der Waals surface area contributed by atoms with Crippen LogP contribution in [0.1, 0.15) is 16.0 Å². The molecule has 0 saturated carbocycles. The average Bonchev–Trinajstić information content (AvgIpc) is 2.86. The summed E-state index contributed by atoms with van der Waals surface area (Å²) in [5.74, 6) is -0.404. The van der Waals surface area contributed by atoms with Crippen LogP contribution in [0.3, 0.4) is 0 Å². The van der Waals surface area contributed by atoms with Crippen LogP contribution < -0.4 is 5.56 Å². The molecule has 5 nitrogen and oxygen atoms in total. The molecule has 0 fully saturated rings. The summed E-state index contributed by atoms with van der Waals surface area (Å²) in [5.41, 5.74) is -0.363. The van der Waals surface area contributed by atoms with Gasteiger partial charge in [0.15, 0.2) is 5.16 Å². The Morgan fingerprint density at radius 3 is 2.95 bits per heavy atom. The Kier molecular flexibility index (Phi) is 2.66. The molecule has 0 unspecified atom stereocenters. The van der Waals surface area contributed by atoms with Crippen molar-refractivity contribution in [3.63, 3.8) is 0 Å². The monoisotopic (exact) mass is 294 g/mol. The molecule has 0 amide bonds. The molecule has 1 aromatic carbocycles. The van der Waals surface area contributed by atoms with Crippen LogP contribution in [0.15, 0.2) is 28.2 Å². The van der Waals surface area contributed by atoms with Gasteiger partial charge in [-0.3, -0.25) is 13.8 Å². The number of benzene rings is 1. The van der Waals surface area contributed by atoms with E-state index in [-0.39, 0.29) is 23.2 Å². The molecule has 0 atom stereocenters. The molecule has 2 heterocycles. The molecule has 3 aromatic rings. The predicted molar refractivity (Wildman–Crippen MR) is 76.8 cm³/mol. The summed E-state index contributed by atoms with van der Waals surface area (Å²) >= 11 is 1.27. The molecule has 20 heavy (non-hydrogen) atoms. The van der Waals surface area contributed by atoms with E-state index in [0.29, 0.717) is 5.16 Å². The van der Waals surface area contributed by atoms with Crippen LogP contribution in [0.25, 0.3) is 16.7 Å². The molecular formula is C13H13FN4OS. The van der Waals surface area contributed by atoms with E-state index in [1.54, 1.807) is 6.26 Å². The van der Waals surface area contributed by atoms with Crippen molar-refractivity contribution >= 4 is 28.4 Å². The highest BCUT2D eigenvalue weighted by molar-refractivity contribution is 7.98. The van der Waals surface area contributed by atoms with E-state index in [1.165, 1.54) is 45.9 Å². The quantitative estimate of drug-likeness (QED) is 0.696. The van der Waals surface area contributed by atoms with E-state index in [1.807, 2.05) is 0 Å². The zero-order valence-electron chi connectivity index (χ0n) is 12.9. The van der Waals surface area contributed by atoms with Crippen molar-refractivity contribution in [2.24, 2.45) is 0 Å². The number of rotatable bonds is 3. The van der Waals surface area contributed by atoms with Crippen molar-refractivity contribution in [1.82, 2.24) is 19.2 Å². The molecule has 7 heteroatoms. The van der Waals surface area contributed by atoms with Gasteiger partial charge < -0.3 is 0 Å². The van der Waals surface area contributed by atoms with Crippen LogP contribution in [0.4, 0.5) is 4.39 Å². The molecule has 0 saturated heterocycles. The normalized spacial score (nSPS) is 13.8. The molecule has 2 aromatic heterocycles. The van der Waals surface area contributed by atoms with Crippen LogP contribution in [-0.2, 0) is 6.54 Å². The number of fused-ring (bicyclic) bond motifs is 3. The van der Waals surface area contributed by atoms with Gasteiger partial charge in [0.2, 0.25) is 5.78 Å². The van der Waals surface area contributed by atoms with Crippen molar-refractivity contribution in [3.05, 3.63) is 34.4 Å². The predicted octanol–water partition coefficient (Wildman–Crippen LogP) is 2.32. The van der Waals surface area contributed by atoms with Gasteiger partial charge in [-0.05, 0) is 24.8 Å². The minimum atomic E-state index is -1.61. The maximum absolute atomic E-state index is 14.3. The lowest BCUT2D eigenvalue weighted by molar-refractivity contribution is 0.626. The van der Waals surface area contributed by atoms with Gasteiger partial charge in [0.05, 0.1) is 10.9 Å². The van der Waals surface area contributed by atoms with E-state index >= 15 is 0 Å². The number of nitrogens with zero attached hydrogens (tertiary/aromatic N) is 4. The molecule has 3 rings (SSSR count).